The van der Waals surface area contributed by atoms with Crippen molar-refractivity contribution in [1.29, 1.82) is 0 Å². The van der Waals surface area contributed by atoms with Gasteiger partial charge in [0.1, 0.15) is 5.01 Å². The number of amides is 1. The number of carboxylic acids is 1. The molecule has 5 nitrogen and oxygen atoms in total. The predicted molar refractivity (Wildman–Crippen MR) is 97.5 cm³/mol. The fourth-order valence-corrected chi connectivity index (χ4v) is 4.03. The van der Waals surface area contributed by atoms with Crippen molar-refractivity contribution in [2.75, 3.05) is 6.54 Å². The van der Waals surface area contributed by atoms with E-state index in [2.05, 4.69) is 11.1 Å². The molecule has 2 heterocycles. The van der Waals surface area contributed by atoms with Gasteiger partial charge < -0.3 is 10.0 Å². The van der Waals surface area contributed by atoms with Gasteiger partial charge in [-0.15, -0.1) is 11.3 Å². The second-order valence-corrected chi connectivity index (χ2v) is 7.56. The number of nitrogens with zero attached hydrogens (tertiary/aromatic N) is 2. The van der Waals surface area contributed by atoms with Crippen molar-refractivity contribution in [3.05, 3.63) is 40.9 Å². The third-order valence-corrected chi connectivity index (χ3v) is 5.64. The van der Waals surface area contributed by atoms with Gasteiger partial charge in [0, 0.05) is 23.5 Å². The normalized spacial score (nSPS) is 20.5. The molecule has 1 aliphatic rings. The van der Waals surface area contributed by atoms with Crippen LogP contribution in [0.1, 0.15) is 31.0 Å². The molecule has 0 spiro atoms. The highest BCUT2D eigenvalue weighted by atomic mass is 32.1. The Morgan fingerprint density at radius 3 is 2.88 bits per heavy atom. The summed E-state index contributed by atoms with van der Waals surface area (Å²) >= 11 is 1.53. The van der Waals surface area contributed by atoms with E-state index in [0.717, 1.165) is 22.7 Å². The van der Waals surface area contributed by atoms with Gasteiger partial charge in [-0.2, -0.15) is 0 Å². The Labute approximate surface area is 151 Å². The van der Waals surface area contributed by atoms with Gasteiger partial charge >= 0.3 is 5.97 Å². The van der Waals surface area contributed by atoms with E-state index in [4.69, 9.17) is 0 Å². The number of benzene rings is 1. The standard InChI is InChI=1S/C19H22N2O3S/c1-12-4-3-5-14(8-12)18-20-16(11-25-18)9-17(22)21-10-15(19(23)24)7-6-13(21)2/h3-5,8,11,13,15H,6-7,9-10H2,1-2H3,(H,23,24). The number of piperidine rings is 1. The molecule has 0 bridgehead atoms. The lowest BCUT2D eigenvalue weighted by Crippen LogP contribution is -2.47. The molecule has 132 valence electrons. The quantitative estimate of drug-likeness (QED) is 0.910. The van der Waals surface area contributed by atoms with Crippen LogP contribution in [0.2, 0.25) is 0 Å². The van der Waals surface area contributed by atoms with Gasteiger partial charge in [0.05, 0.1) is 18.0 Å². The third kappa shape index (κ3) is 4.07. The summed E-state index contributed by atoms with van der Waals surface area (Å²) < 4.78 is 0. The Morgan fingerprint density at radius 2 is 2.16 bits per heavy atom. The minimum Gasteiger partial charge on any atom is -0.481 e. The highest BCUT2D eigenvalue weighted by molar-refractivity contribution is 7.13. The van der Waals surface area contributed by atoms with Crippen LogP contribution in [-0.2, 0) is 16.0 Å². The zero-order valence-electron chi connectivity index (χ0n) is 14.4. The number of carbonyl (C=O) groups excluding carboxylic acids is 1. The first-order chi connectivity index (χ1) is 11.9. The lowest BCUT2D eigenvalue weighted by Gasteiger charge is -2.36. The molecular weight excluding hydrogens is 336 g/mol. The van der Waals surface area contributed by atoms with E-state index < -0.39 is 11.9 Å². The Kier molecular flexibility index (Phi) is 5.18. The van der Waals surface area contributed by atoms with E-state index in [9.17, 15) is 14.7 Å². The first kappa shape index (κ1) is 17.6. The fraction of sp³-hybridized carbons (Fsp3) is 0.421. The highest BCUT2D eigenvalue weighted by Crippen LogP contribution is 2.26. The Hall–Kier alpha value is -2.21. The van der Waals surface area contributed by atoms with Gasteiger partial charge in [-0.1, -0.05) is 23.8 Å². The van der Waals surface area contributed by atoms with E-state index in [-0.39, 0.29) is 18.4 Å². The number of aryl methyl sites for hydroxylation is 1. The maximum Gasteiger partial charge on any atom is 0.308 e. The van der Waals surface area contributed by atoms with E-state index >= 15 is 0 Å². The summed E-state index contributed by atoms with van der Waals surface area (Å²) in [6.45, 7) is 4.32. The van der Waals surface area contributed by atoms with Crippen LogP contribution in [0.4, 0.5) is 0 Å². The van der Waals surface area contributed by atoms with E-state index in [0.29, 0.717) is 13.0 Å². The van der Waals surface area contributed by atoms with Crippen LogP contribution >= 0.6 is 11.3 Å². The molecule has 1 aliphatic heterocycles. The number of aliphatic carboxylic acids is 1. The predicted octanol–water partition coefficient (Wildman–Crippen LogP) is 3.37. The zero-order valence-corrected chi connectivity index (χ0v) is 15.3. The van der Waals surface area contributed by atoms with Gasteiger partial charge in [-0.05, 0) is 32.8 Å². The summed E-state index contributed by atoms with van der Waals surface area (Å²) in [4.78, 5) is 30.2. The Bertz CT molecular complexity index is 786. The van der Waals surface area contributed by atoms with Crippen molar-refractivity contribution >= 4 is 23.2 Å². The molecule has 1 amide bonds. The highest BCUT2D eigenvalue weighted by Gasteiger charge is 2.32. The first-order valence-corrected chi connectivity index (χ1v) is 9.35. The minimum absolute atomic E-state index is 0.0421. The summed E-state index contributed by atoms with van der Waals surface area (Å²) in [7, 11) is 0. The number of likely N-dealkylation sites (tertiary alicyclic amines) is 1. The Morgan fingerprint density at radius 1 is 1.36 bits per heavy atom. The van der Waals surface area contributed by atoms with E-state index in [1.807, 2.05) is 37.4 Å². The largest absolute Gasteiger partial charge is 0.481 e. The molecule has 1 aromatic heterocycles. The summed E-state index contributed by atoms with van der Waals surface area (Å²) in [6, 6.07) is 8.21. The monoisotopic (exact) mass is 358 g/mol. The van der Waals surface area contributed by atoms with E-state index in [1.165, 1.54) is 16.9 Å². The number of hydrogen-bond donors (Lipinski definition) is 1. The zero-order chi connectivity index (χ0) is 18.0. The average molecular weight is 358 g/mol. The maximum atomic E-state index is 12.6. The number of carboxylic acid groups (broad SMARTS) is 1. The van der Waals surface area contributed by atoms with Crippen LogP contribution < -0.4 is 0 Å². The van der Waals surface area contributed by atoms with E-state index in [1.54, 1.807) is 4.90 Å². The molecule has 2 atom stereocenters. The summed E-state index contributed by atoms with van der Waals surface area (Å²) in [5.74, 6) is -1.32. The topological polar surface area (TPSA) is 70.5 Å². The second-order valence-electron chi connectivity index (χ2n) is 6.70. The smallest absolute Gasteiger partial charge is 0.308 e. The molecule has 0 radical (unpaired) electrons. The average Bonchev–Trinajstić information content (AvgIpc) is 3.03. The molecule has 1 fully saturated rings. The molecule has 2 unspecified atom stereocenters. The van der Waals surface area contributed by atoms with Gasteiger partial charge in [0.2, 0.25) is 5.91 Å². The number of hydrogen-bond acceptors (Lipinski definition) is 4. The molecule has 1 saturated heterocycles. The summed E-state index contributed by atoms with van der Waals surface area (Å²) in [6.07, 6.45) is 1.59. The van der Waals surface area contributed by atoms with Crippen molar-refractivity contribution in [2.24, 2.45) is 5.92 Å². The van der Waals surface area contributed by atoms with Crippen molar-refractivity contribution in [3.63, 3.8) is 0 Å². The lowest BCUT2D eigenvalue weighted by molar-refractivity contribution is -0.147. The first-order valence-electron chi connectivity index (χ1n) is 8.47. The number of thiazole rings is 1. The van der Waals surface area contributed by atoms with Crippen molar-refractivity contribution in [3.8, 4) is 10.6 Å². The van der Waals surface area contributed by atoms with Crippen LogP contribution in [0.15, 0.2) is 29.6 Å². The fourth-order valence-electron chi connectivity index (χ4n) is 3.21. The summed E-state index contributed by atoms with van der Waals surface area (Å²) in [5.41, 5.74) is 2.98. The SMILES string of the molecule is Cc1cccc(-c2nc(CC(=O)N3CC(C(=O)O)CCC3C)cs2)c1. The number of aromatic nitrogens is 1. The Balaban J connectivity index is 1.70. The molecule has 3 rings (SSSR count). The van der Waals surface area contributed by atoms with Gasteiger partial charge in [0.15, 0.2) is 0 Å². The molecule has 0 aliphatic carbocycles. The number of carbonyl (C=O) groups is 2. The van der Waals surface area contributed by atoms with Crippen LogP contribution in [0.25, 0.3) is 10.6 Å². The minimum atomic E-state index is -0.819. The van der Waals surface area contributed by atoms with Gasteiger partial charge in [-0.3, -0.25) is 9.59 Å². The molecule has 2 aromatic rings. The van der Waals surface area contributed by atoms with Crippen LogP contribution in [0.5, 0.6) is 0 Å². The number of rotatable bonds is 4. The second kappa shape index (κ2) is 7.35. The molecule has 0 saturated carbocycles. The van der Waals surface area contributed by atoms with Crippen molar-refractivity contribution in [2.45, 2.75) is 39.2 Å². The lowest BCUT2D eigenvalue weighted by atomic mass is 9.93. The van der Waals surface area contributed by atoms with Crippen LogP contribution in [-0.4, -0.2) is 39.5 Å². The maximum absolute atomic E-state index is 12.6. The third-order valence-electron chi connectivity index (χ3n) is 4.70. The van der Waals surface area contributed by atoms with Crippen LogP contribution in [0, 0.1) is 12.8 Å². The van der Waals surface area contributed by atoms with Crippen LogP contribution in [0.3, 0.4) is 0 Å². The van der Waals surface area contributed by atoms with Crippen molar-refractivity contribution in [1.82, 2.24) is 9.88 Å². The molecule has 1 N–H and O–H groups in total. The molecule has 1 aromatic carbocycles. The molecule has 6 heteroatoms. The van der Waals surface area contributed by atoms with Gasteiger partial charge in [-0.25, -0.2) is 4.98 Å². The van der Waals surface area contributed by atoms with Crippen molar-refractivity contribution < 1.29 is 14.7 Å². The molecular formula is C19H22N2O3S. The van der Waals surface area contributed by atoms with Gasteiger partial charge in [0.25, 0.3) is 0 Å². The summed E-state index contributed by atoms with van der Waals surface area (Å²) in [5, 5.41) is 12.0. The molecule has 25 heavy (non-hydrogen) atoms.